The van der Waals surface area contributed by atoms with Gasteiger partial charge in [-0.2, -0.15) is 13.2 Å². The molecule has 0 bridgehead atoms. The van der Waals surface area contributed by atoms with Gasteiger partial charge in [0.15, 0.2) is 0 Å². The average Bonchev–Trinajstić information content (AvgIpc) is 2.52. The third-order valence-corrected chi connectivity index (χ3v) is 4.56. The lowest BCUT2D eigenvalue weighted by Crippen LogP contribution is -2.15. The van der Waals surface area contributed by atoms with Crippen LogP contribution in [-0.4, -0.2) is 11.7 Å². The molecule has 2 rings (SSSR count). The lowest BCUT2D eigenvalue weighted by molar-refractivity contribution is -0.137. The Bertz CT molecular complexity index is 734. The number of carbonyl (C=O) groups excluding carboxylic acids is 1. The van der Waals surface area contributed by atoms with Crippen molar-refractivity contribution >= 4 is 23.4 Å². The zero-order valence-corrected chi connectivity index (χ0v) is 15.1. The number of anilines is 1. The molecule has 0 aliphatic rings. The molecule has 2 aromatic carbocycles. The van der Waals surface area contributed by atoms with Crippen molar-refractivity contribution < 1.29 is 18.0 Å². The van der Waals surface area contributed by atoms with Gasteiger partial charge in [-0.05, 0) is 41.3 Å². The molecular weight excluding hydrogens is 347 g/mol. The van der Waals surface area contributed by atoms with E-state index >= 15 is 0 Å². The SMILES string of the molecule is CC(C)(C)c1ccc(NC(=O)CSc2cccc(C(F)(F)F)c2)cc1. The normalized spacial score (nSPS) is 12.1. The Kier molecular flexibility index (Phi) is 5.83. The minimum Gasteiger partial charge on any atom is -0.325 e. The molecule has 0 atom stereocenters. The van der Waals surface area contributed by atoms with Crippen LogP contribution in [0, 0.1) is 0 Å². The Balaban J connectivity index is 1.93. The van der Waals surface area contributed by atoms with Crippen LogP contribution < -0.4 is 5.32 Å². The number of halogens is 3. The number of thioether (sulfide) groups is 1. The summed E-state index contributed by atoms with van der Waals surface area (Å²) in [6.45, 7) is 6.31. The maximum atomic E-state index is 12.7. The van der Waals surface area contributed by atoms with Gasteiger partial charge in [-0.15, -0.1) is 11.8 Å². The minimum atomic E-state index is -4.38. The summed E-state index contributed by atoms with van der Waals surface area (Å²) in [6.07, 6.45) is -4.38. The molecule has 0 saturated heterocycles. The number of alkyl halides is 3. The molecule has 0 fully saturated rings. The lowest BCUT2D eigenvalue weighted by Gasteiger charge is -2.19. The maximum Gasteiger partial charge on any atom is 0.416 e. The average molecular weight is 367 g/mol. The van der Waals surface area contributed by atoms with E-state index in [1.165, 1.54) is 6.07 Å². The van der Waals surface area contributed by atoms with Crippen LogP contribution in [0.15, 0.2) is 53.4 Å². The van der Waals surface area contributed by atoms with E-state index in [1.807, 2.05) is 24.3 Å². The van der Waals surface area contributed by atoms with Crippen LogP contribution in [0.25, 0.3) is 0 Å². The van der Waals surface area contributed by atoms with Gasteiger partial charge in [-0.3, -0.25) is 4.79 Å². The van der Waals surface area contributed by atoms with Crippen molar-refractivity contribution in [2.45, 2.75) is 37.3 Å². The smallest absolute Gasteiger partial charge is 0.325 e. The van der Waals surface area contributed by atoms with E-state index in [1.54, 1.807) is 6.07 Å². The van der Waals surface area contributed by atoms with Gasteiger partial charge in [0.1, 0.15) is 0 Å². The molecule has 1 amide bonds. The molecule has 0 aromatic heterocycles. The summed E-state index contributed by atoms with van der Waals surface area (Å²) in [4.78, 5) is 12.4. The van der Waals surface area contributed by atoms with Gasteiger partial charge < -0.3 is 5.32 Å². The first-order valence-corrected chi connectivity index (χ1v) is 8.75. The molecule has 2 aromatic rings. The van der Waals surface area contributed by atoms with Gasteiger partial charge in [0, 0.05) is 10.6 Å². The first-order valence-electron chi connectivity index (χ1n) is 7.76. The quantitative estimate of drug-likeness (QED) is 0.699. The molecule has 0 radical (unpaired) electrons. The molecule has 1 N–H and O–H groups in total. The van der Waals surface area contributed by atoms with E-state index in [0.717, 1.165) is 29.5 Å². The van der Waals surface area contributed by atoms with Crippen molar-refractivity contribution in [3.8, 4) is 0 Å². The highest BCUT2D eigenvalue weighted by Gasteiger charge is 2.30. The predicted molar refractivity (Wildman–Crippen MR) is 95.9 cm³/mol. The topological polar surface area (TPSA) is 29.1 Å². The summed E-state index contributed by atoms with van der Waals surface area (Å²) in [6, 6.07) is 12.5. The molecule has 0 unspecified atom stereocenters. The summed E-state index contributed by atoms with van der Waals surface area (Å²) >= 11 is 1.07. The summed E-state index contributed by atoms with van der Waals surface area (Å²) in [5.41, 5.74) is 1.14. The second-order valence-electron chi connectivity index (χ2n) is 6.69. The van der Waals surface area contributed by atoms with Crippen LogP contribution in [0.4, 0.5) is 18.9 Å². The van der Waals surface area contributed by atoms with Crippen LogP contribution in [0.1, 0.15) is 31.9 Å². The van der Waals surface area contributed by atoms with Gasteiger partial charge in [-0.25, -0.2) is 0 Å². The number of nitrogens with one attached hydrogen (secondary N) is 1. The van der Waals surface area contributed by atoms with Crippen molar-refractivity contribution in [3.63, 3.8) is 0 Å². The molecule has 0 saturated carbocycles. The highest BCUT2D eigenvalue weighted by atomic mass is 32.2. The molecule has 0 aliphatic heterocycles. The standard InChI is InChI=1S/C19H20F3NOS/c1-18(2,3)13-7-9-15(10-8-13)23-17(24)12-25-16-6-4-5-14(11-16)19(20,21)22/h4-11H,12H2,1-3H3,(H,23,24). The second-order valence-corrected chi connectivity index (χ2v) is 7.74. The first kappa shape index (κ1) is 19.4. The van der Waals surface area contributed by atoms with Gasteiger partial charge in [0.2, 0.25) is 5.91 Å². The lowest BCUT2D eigenvalue weighted by atomic mass is 9.87. The number of amides is 1. The third kappa shape index (κ3) is 5.81. The van der Waals surface area contributed by atoms with Gasteiger partial charge in [0.25, 0.3) is 0 Å². The van der Waals surface area contributed by atoms with Gasteiger partial charge >= 0.3 is 6.18 Å². The van der Waals surface area contributed by atoms with Crippen molar-refractivity contribution in [1.82, 2.24) is 0 Å². The van der Waals surface area contributed by atoms with Crippen molar-refractivity contribution in [2.75, 3.05) is 11.1 Å². The monoisotopic (exact) mass is 367 g/mol. The number of rotatable bonds is 4. The van der Waals surface area contributed by atoms with E-state index in [-0.39, 0.29) is 17.1 Å². The van der Waals surface area contributed by atoms with Crippen molar-refractivity contribution in [2.24, 2.45) is 0 Å². The Morgan fingerprint density at radius 1 is 1.00 bits per heavy atom. The minimum absolute atomic E-state index is 0.0297. The molecule has 0 spiro atoms. The largest absolute Gasteiger partial charge is 0.416 e. The van der Waals surface area contributed by atoms with Crippen LogP contribution in [0.5, 0.6) is 0 Å². The number of carbonyl (C=O) groups is 1. The fourth-order valence-corrected chi connectivity index (χ4v) is 2.92. The third-order valence-electron chi connectivity index (χ3n) is 3.57. The fourth-order valence-electron chi connectivity index (χ4n) is 2.16. The Morgan fingerprint density at radius 2 is 1.64 bits per heavy atom. The molecular formula is C19H20F3NOS. The summed E-state index contributed by atoms with van der Waals surface area (Å²) in [7, 11) is 0. The van der Waals surface area contributed by atoms with Crippen molar-refractivity contribution in [3.05, 3.63) is 59.7 Å². The maximum absolute atomic E-state index is 12.7. The van der Waals surface area contributed by atoms with Crippen LogP contribution in [0.2, 0.25) is 0 Å². The summed E-state index contributed by atoms with van der Waals surface area (Å²) in [5, 5.41) is 2.75. The first-order chi connectivity index (χ1) is 11.6. The molecule has 25 heavy (non-hydrogen) atoms. The van der Waals surface area contributed by atoms with E-state index in [9.17, 15) is 18.0 Å². The zero-order chi connectivity index (χ0) is 18.7. The summed E-state index contributed by atoms with van der Waals surface area (Å²) in [5.74, 6) is -0.214. The highest BCUT2D eigenvalue weighted by molar-refractivity contribution is 8.00. The van der Waals surface area contributed by atoms with Gasteiger partial charge in [0.05, 0.1) is 11.3 Å². The predicted octanol–water partition coefficient (Wildman–Crippen LogP) is 5.73. The molecule has 0 heterocycles. The second kappa shape index (κ2) is 7.52. The molecule has 2 nitrogen and oxygen atoms in total. The Morgan fingerprint density at radius 3 is 2.20 bits per heavy atom. The van der Waals surface area contributed by atoms with Crippen molar-refractivity contribution in [1.29, 1.82) is 0 Å². The Labute approximate surface area is 149 Å². The Hall–Kier alpha value is -1.95. The number of hydrogen-bond donors (Lipinski definition) is 1. The number of benzene rings is 2. The van der Waals surface area contributed by atoms with E-state index in [4.69, 9.17) is 0 Å². The van der Waals surface area contributed by atoms with Crippen LogP contribution in [0.3, 0.4) is 0 Å². The van der Waals surface area contributed by atoms with E-state index in [0.29, 0.717) is 10.6 Å². The molecule has 134 valence electrons. The summed E-state index contributed by atoms with van der Waals surface area (Å²) < 4.78 is 38.0. The van der Waals surface area contributed by atoms with E-state index in [2.05, 4.69) is 26.1 Å². The van der Waals surface area contributed by atoms with Crippen LogP contribution >= 0.6 is 11.8 Å². The molecule has 6 heteroatoms. The van der Waals surface area contributed by atoms with Crippen LogP contribution in [-0.2, 0) is 16.4 Å². The van der Waals surface area contributed by atoms with E-state index < -0.39 is 11.7 Å². The highest BCUT2D eigenvalue weighted by Crippen LogP contribution is 2.32. The number of hydrogen-bond acceptors (Lipinski definition) is 2. The van der Waals surface area contributed by atoms with Gasteiger partial charge in [-0.1, -0.05) is 39.0 Å². The fraction of sp³-hybridized carbons (Fsp3) is 0.316. The molecule has 0 aliphatic carbocycles. The zero-order valence-electron chi connectivity index (χ0n) is 14.3.